The topological polar surface area (TPSA) is 86.0 Å². The molecular formula is C21H21FN4O3. The standard InChI is InChI=1S/C21H21FN4O3/c1-4-23-19(27)18-20(28)25(14(3)15-8-6-5-7-9-15)21(29)26(24-18)16-11-10-13(2)17(22)12-16/h5-12,14H,4H2,1-3H3,(H,23,27)/t14-/m0/s1. The van der Waals surface area contributed by atoms with E-state index in [4.69, 9.17) is 0 Å². The summed E-state index contributed by atoms with van der Waals surface area (Å²) in [6.07, 6.45) is 0. The van der Waals surface area contributed by atoms with Crippen molar-refractivity contribution in [3.63, 3.8) is 0 Å². The molecule has 3 rings (SSSR count). The molecule has 0 radical (unpaired) electrons. The van der Waals surface area contributed by atoms with Crippen molar-refractivity contribution in [2.24, 2.45) is 0 Å². The summed E-state index contributed by atoms with van der Waals surface area (Å²) < 4.78 is 15.9. The Labute approximate surface area is 166 Å². The van der Waals surface area contributed by atoms with E-state index in [0.29, 0.717) is 11.1 Å². The van der Waals surface area contributed by atoms with E-state index in [0.717, 1.165) is 15.3 Å². The summed E-state index contributed by atoms with van der Waals surface area (Å²) in [5, 5.41) is 6.48. The van der Waals surface area contributed by atoms with Crippen LogP contribution in [0.25, 0.3) is 5.69 Å². The van der Waals surface area contributed by atoms with E-state index < -0.39 is 34.7 Å². The van der Waals surface area contributed by atoms with E-state index in [9.17, 15) is 18.8 Å². The zero-order valence-electron chi connectivity index (χ0n) is 16.3. The van der Waals surface area contributed by atoms with Crippen molar-refractivity contribution in [3.05, 3.63) is 92.0 Å². The second-order valence-corrected chi connectivity index (χ2v) is 6.60. The summed E-state index contributed by atoms with van der Waals surface area (Å²) in [5.74, 6) is -1.22. The van der Waals surface area contributed by atoms with E-state index in [2.05, 4.69) is 10.4 Å². The van der Waals surface area contributed by atoms with Crippen LogP contribution in [-0.4, -0.2) is 26.8 Å². The molecular weight excluding hydrogens is 375 g/mol. The Balaban J connectivity index is 2.30. The summed E-state index contributed by atoms with van der Waals surface area (Å²) in [5.41, 5.74) is -0.769. The third-order valence-electron chi connectivity index (χ3n) is 4.63. The maximum atomic E-state index is 14.1. The summed E-state index contributed by atoms with van der Waals surface area (Å²) >= 11 is 0. The highest BCUT2D eigenvalue weighted by molar-refractivity contribution is 5.91. The van der Waals surface area contributed by atoms with Crippen LogP contribution in [0.1, 0.15) is 41.5 Å². The highest BCUT2D eigenvalue weighted by Crippen LogP contribution is 2.15. The first kappa shape index (κ1) is 20.2. The van der Waals surface area contributed by atoms with Crippen LogP contribution in [0.3, 0.4) is 0 Å². The predicted molar refractivity (Wildman–Crippen MR) is 107 cm³/mol. The largest absolute Gasteiger partial charge is 0.352 e. The first-order valence-electron chi connectivity index (χ1n) is 9.20. The molecule has 1 atom stereocenters. The van der Waals surface area contributed by atoms with Gasteiger partial charge in [-0.25, -0.2) is 13.8 Å². The number of halogens is 1. The highest BCUT2D eigenvalue weighted by atomic mass is 19.1. The molecule has 0 bridgehead atoms. The van der Waals surface area contributed by atoms with Crippen molar-refractivity contribution >= 4 is 5.91 Å². The second kappa shape index (κ2) is 8.22. The van der Waals surface area contributed by atoms with E-state index in [-0.39, 0.29) is 12.2 Å². The van der Waals surface area contributed by atoms with Crippen molar-refractivity contribution in [3.8, 4) is 5.69 Å². The number of hydrogen-bond donors (Lipinski definition) is 1. The van der Waals surface area contributed by atoms with Gasteiger partial charge in [-0.3, -0.25) is 9.59 Å². The number of hydrogen-bond acceptors (Lipinski definition) is 4. The van der Waals surface area contributed by atoms with Gasteiger partial charge < -0.3 is 5.32 Å². The van der Waals surface area contributed by atoms with Crippen LogP contribution >= 0.6 is 0 Å². The van der Waals surface area contributed by atoms with E-state index in [1.54, 1.807) is 45.0 Å². The molecule has 0 unspecified atom stereocenters. The Kier molecular flexibility index (Phi) is 5.72. The number of carbonyl (C=O) groups excluding carboxylic acids is 1. The number of amides is 1. The van der Waals surface area contributed by atoms with Crippen LogP contribution in [0.15, 0.2) is 58.1 Å². The monoisotopic (exact) mass is 396 g/mol. The van der Waals surface area contributed by atoms with Gasteiger partial charge >= 0.3 is 5.69 Å². The summed E-state index contributed by atoms with van der Waals surface area (Å²) in [6.45, 7) is 5.26. The average molecular weight is 396 g/mol. The van der Waals surface area contributed by atoms with Crippen molar-refractivity contribution in [2.45, 2.75) is 26.8 Å². The number of aromatic nitrogens is 3. The average Bonchev–Trinajstić information content (AvgIpc) is 2.71. The minimum atomic E-state index is -0.805. The molecule has 0 saturated heterocycles. The lowest BCUT2D eigenvalue weighted by Gasteiger charge is -2.17. The molecule has 0 fully saturated rings. The zero-order chi connectivity index (χ0) is 21.1. The van der Waals surface area contributed by atoms with Gasteiger partial charge in [-0.15, -0.1) is 0 Å². The van der Waals surface area contributed by atoms with Gasteiger partial charge in [-0.1, -0.05) is 36.4 Å². The van der Waals surface area contributed by atoms with Gasteiger partial charge in [0.25, 0.3) is 11.5 Å². The molecule has 1 N–H and O–H groups in total. The minimum Gasteiger partial charge on any atom is -0.351 e. The Bertz CT molecular complexity index is 1170. The van der Waals surface area contributed by atoms with Crippen LogP contribution in [0.2, 0.25) is 0 Å². The highest BCUT2D eigenvalue weighted by Gasteiger charge is 2.23. The lowest BCUT2D eigenvalue weighted by Crippen LogP contribution is -2.47. The van der Waals surface area contributed by atoms with Gasteiger partial charge in [0.05, 0.1) is 11.7 Å². The van der Waals surface area contributed by atoms with E-state index in [1.165, 1.54) is 12.1 Å². The van der Waals surface area contributed by atoms with Gasteiger partial charge in [0.15, 0.2) is 0 Å². The van der Waals surface area contributed by atoms with Crippen molar-refractivity contribution in [1.29, 1.82) is 0 Å². The number of benzene rings is 2. The smallest absolute Gasteiger partial charge is 0.351 e. The molecule has 8 heteroatoms. The first-order chi connectivity index (χ1) is 13.8. The van der Waals surface area contributed by atoms with Crippen LogP contribution in [-0.2, 0) is 0 Å². The normalized spacial score (nSPS) is 11.9. The molecule has 7 nitrogen and oxygen atoms in total. The van der Waals surface area contributed by atoms with Gasteiger partial charge in [0, 0.05) is 12.6 Å². The lowest BCUT2D eigenvalue weighted by atomic mass is 10.1. The van der Waals surface area contributed by atoms with Crippen LogP contribution in [0, 0.1) is 12.7 Å². The Morgan fingerprint density at radius 1 is 1.17 bits per heavy atom. The molecule has 0 saturated carbocycles. The maximum absolute atomic E-state index is 14.1. The van der Waals surface area contributed by atoms with Crippen LogP contribution in [0.4, 0.5) is 4.39 Å². The molecule has 0 aliphatic rings. The molecule has 150 valence electrons. The molecule has 2 aromatic carbocycles. The molecule has 3 aromatic rings. The molecule has 29 heavy (non-hydrogen) atoms. The molecule has 0 spiro atoms. The fourth-order valence-electron chi connectivity index (χ4n) is 2.98. The third kappa shape index (κ3) is 3.87. The minimum absolute atomic E-state index is 0.123. The van der Waals surface area contributed by atoms with Crippen LogP contribution in [0.5, 0.6) is 0 Å². The second-order valence-electron chi connectivity index (χ2n) is 6.60. The Hall–Kier alpha value is -3.55. The number of carbonyl (C=O) groups is 1. The maximum Gasteiger partial charge on any atom is 0.352 e. The predicted octanol–water partition coefficient (Wildman–Crippen LogP) is 2.20. The molecule has 1 amide bonds. The SMILES string of the molecule is CCNC(=O)c1nn(-c2ccc(C)c(F)c2)c(=O)n([C@@H](C)c2ccccc2)c1=O. The van der Waals surface area contributed by atoms with Gasteiger partial charge in [-0.05, 0) is 38.0 Å². The van der Waals surface area contributed by atoms with E-state index in [1.807, 2.05) is 6.07 Å². The van der Waals surface area contributed by atoms with Gasteiger partial charge in [0.1, 0.15) is 5.82 Å². The molecule has 0 aliphatic carbocycles. The quantitative estimate of drug-likeness (QED) is 0.716. The number of nitrogens with zero attached hydrogens (tertiary/aromatic N) is 3. The van der Waals surface area contributed by atoms with Gasteiger partial charge in [-0.2, -0.15) is 9.78 Å². The van der Waals surface area contributed by atoms with Crippen LogP contribution < -0.4 is 16.6 Å². The summed E-state index contributed by atoms with van der Waals surface area (Å²) in [6, 6.07) is 12.4. The van der Waals surface area contributed by atoms with Gasteiger partial charge in [0.2, 0.25) is 5.69 Å². The number of aryl methyl sites for hydroxylation is 1. The van der Waals surface area contributed by atoms with Crippen molar-refractivity contribution in [1.82, 2.24) is 19.7 Å². The number of rotatable bonds is 5. The Morgan fingerprint density at radius 3 is 2.48 bits per heavy atom. The van der Waals surface area contributed by atoms with Crippen molar-refractivity contribution < 1.29 is 9.18 Å². The van der Waals surface area contributed by atoms with E-state index >= 15 is 0 Å². The first-order valence-corrected chi connectivity index (χ1v) is 9.20. The molecule has 1 aromatic heterocycles. The fraction of sp³-hybridized carbons (Fsp3) is 0.238. The van der Waals surface area contributed by atoms with Crippen molar-refractivity contribution in [2.75, 3.05) is 6.54 Å². The summed E-state index contributed by atoms with van der Waals surface area (Å²) in [4.78, 5) is 38.5. The summed E-state index contributed by atoms with van der Waals surface area (Å²) in [7, 11) is 0. The Morgan fingerprint density at radius 2 is 1.86 bits per heavy atom. The third-order valence-corrected chi connectivity index (χ3v) is 4.63. The zero-order valence-corrected chi connectivity index (χ0v) is 16.3. The lowest BCUT2D eigenvalue weighted by molar-refractivity contribution is 0.0946. The molecule has 1 heterocycles. The number of nitrogens with one attached hydrogen (secondary N) is 1. The molecule has 0 aliphatic heterocycles. The fourth-order valence-corrected chi connectivity index (χ4v) is 2.98.